The van der Waals surface area contributed by atoms with Crippen molar-refractivity contribution in [2.24, 2.45) is 0 Å². The minimum atomic E-state index is -0.255. The third-order valence-corrected chi connectivity index (χ3v) is 3.75. The molecule has 15 heavy (non-hydrogen) atoms. The van der Waals surface area contributed by atoms with Gasteiger partial charge in [-0.2, -0.15) is 12.6 Å². The smallest absolute Gasteiger partial charge is 0.132 e. The van der Waals surface area contributed by atoms with Crippen LogP contribution in [0.1, 0.15) is 5.01 Å². The minimum absolute atomic E-state index is 0.255. The molecular formula is C10H7BrFNS2. The molecule has 5 heteroatoms. The van der Waals surface area contributed by atoms with E-state index in [0.717, 1.165) is 9.48 Å². The largest absolute Gasteiger partial charge is 0.240 e. The molecule has 0 atom stereocenters. The van der Waals surface area contributed by atoms with Crippen LogP contribution in [-0.2, 0) is 5.75 Å². The van der Waals surface area contributed by atoms with E-state index in [-0.39, 0.29) is 5.82 Å². The second-order valence-electron chi connectivity index (χ2n) is 2.91. The van der Waals surface area contributed by atoms with Crippen molar-refractivity contribution in [1.82, 2.24) is 4.98 Å². The highest BCUT2D eigenvalue weighted by Gasteiger charge is 2.09. The molecule has 0 saturated heterocycles. The van der Waals surface area contributed by atoms with Crippen molar-refractivity contribution < 1.29 is 4.39 Å². The third-order valence-electron chi connectivity index (χ3n) is 1.89. The van der Waals surface area contributed by atoms with E-state index in [9.17, 15) is 4.39 Å². The van der Waals surface area contributed by atoms with Crippen molar-refractivity contribution in [1.29, 1.82) is 0 Å². The molecule has 0 aliphatic heterocycles. The molecule has 0 radical (unpaired) electrons. The number of hydrogen-bond donors (Lipinski definition) is 1. The summed E-state index contributed by atoms with van der Waals surface area (Å²) in [6.45, 7) is 0. The molecule has 0 N–H and O–H groups in total. The van der Waals surface area contributed by atoms with Crippen molar-refractivity contribution in [3.63, 3.8) is 0 Å². The van der Waals surface area contributed by atoms with Crippen LogP contribution in [0.4, 0.5) is 4.39 Å². The zero-order chi connectivity index (χ0) is 10.8. The monoisotopic (exact) mass is 303 g/mol. The summed E-state index contributed by atoms with van der Waals surface area (Å²) in [4.78, 5) is 4.28. The molecular weight excluding hydrogens is 297 g/mol. The first-order valence-corrected chi connectivity index (χ1v) is 6.52. The SMILES string of the molecule is Fc1ccc(Br)cc1-c1csc(CS)n1. The van der Waals surface area contributed by atoms with Crippen LogP contribution in [0.5, 0.6) is 0 Å². The minimum Gasteiger partial charge on any atom is -0.240 e. The van der Waals surface area contributed by atoms with E-state index >= 15 is 0 Å². The van der Waals surface area contributed by atoms with Crippen LogP contribution < -0.4 is 0 Å². The summed E-state index contributed by atoms with van der Waals surface area (Å²) < 4.78 is 14.3. The van der Waals surface area contributed by atoms with Crippen LogP contribution in [0, 0.1) is 5.82 Å². The zero-order valence-electron chi connectivity index (χ0n) is 7.58. The first-order valence-electron chi connectivity index (χ1n) is 4.21. The van der Waals surface area contributed by atoms with Crippen LogP contribution in [0.15, 0.2) is 28.1 Å². The first kappa shape index (κ1) is 11.1. The lowest BCUT2D eigenvalue weighted by Crippen LogP contribution is -1.85. The zero-order valence-corrected chi connectivity index (χ0v) is 10.9. The lowest BCUT2D eigenvalue weighted by Gasteiger charge is -1.99. The molecule has 2 aromatic rings. The van der Waals surface area contributed by atoms with Crippen LogP contribution in [-0.4, -0.2) is 4.98 Å². The number of benzene rings is 1. The molecule has 0 spiro atoms. The number of aromatic nitrogens is 1. The molecule has 2 rings (SSSR count). The van der Waals surface area contributed by atoms with Gasteiger partial charge in [0.25, 0.3) is 0 Å². The van der Waals surface area contributed by atoms with E-state index in [4.69, 9.17) is 0 Å². The van der Waals surface area contributed by atoms with E-state index in [2.05, 4.69) is 33.5 Å². The fourth-order valence-corrected chi connectivity index (χ4v) is 2.51. The molecule has 1 nitrogen and oxygen atoms in total. The van der Waals surface area contributed by atoms with E-state index in [0.29, 0.717) is 17.0 Å². The Kier molecular flexibility index (Phi) is 3.43. The summed E-state index contributed by atoms with van der Waals surface area (Å²) in [6, 6.07) is 4.83. The topological polar surface area (TPSA) is 12.9 Å². The Bertz CT molecular complexity index is 484. The van der Waals surface area contributed by atoms with Gasteiger partial charge in [0.1, 0.15) is 10.8 Å². The second kappa shape index (κ2) is 4.63. The molecule has 0 bridgehead atoms. The number of rotatable bonds is 2. The maximum Gasteiger partial charge on any atom is 0.132 e. The standard InChI is InChI=1S/C10H7BrFNS2/c11-6-1-2-8(12)7(3-6)9-5-15-10(4-14)13-9/h1-3,5,14H,4H2. The third kappa shape index (κ3) is 2.41. The lowest BCUT2D eigenvalue weighted by molar-refractivity contribution is 0.630. The Morgan fingerprint density at radius 3 is 2.93 bits per heavy atom. The van der Waals surface area contributed by atoms with Crippen molar-refractivity contribution in [2.75, 3.05) is 0 Å². The quantitative estimate of drug-likeness (QED) is 0.823. The maximum absolute atomic E-state index is 13.5. The van der Waals surface area contributed by atoms with Crippen LogP contribution in [0.25, 0.3) is 11.3 Å². The Labute approximate surface area is 105 Å². The highest BCUT2D eigenvalue weighted by molar-refractivity contribution is 9.10. The molecule has 0 amide bonds. The van der Waals surface area contributed by atoms with E-state index in [1.807, 2.05) is 5.38 Å². The Morgan fingerprint density at radius 1 is 1.47 bits per heavy atom. The van der Waals surface area contributed by atoms with E-state index in [1.54, 1.807) is 12.1 Å². The molecule has 0 fully saturated rings. The Hall–Kier alpha value is -0.390. The van der Waals surface area contributed by atoms with Crippen molar-refractivity contribution in [2.45, 2.75) is 5.75 Å². The van der Waals surface area contributed by atoms with Gasteiger partial charge in [0.05, 0.1) is 5.69 Å². The summed E-state index contributed by atoms with van der Waals surface area (Å²) in [5, 5.41) is 2.74. The fourth-order valence-electron chi connectivity index (χ4n) is 1.20. The molecule has 0 saturated carbocycles. The molecule has 0 aliphatic carbocycles. The van der Waals surface area contributed by atoms with Crippen molar-refractivity contribution in [3.05, 3.63) is 38.9 Å². The number of thiol groups is 1. The van der Waals surface area contributed by atoms with Gasteiger partial charge in [0, 0.05) is 21.2 Å². The average Bonchev–Trinajstić information content (AvgIpc) is 2.70. The molecule has 0 unspecified atom stereocenters. The number of halogens is 2. The van der Waals surface area contributed by atoms with Gasteiger partial charge in [-0.1, -0.05) is 15.9 Å². The van der Waals surface area contributed by atoms with Gasteiger partial charge in [0.2, 0.25) is 0 Å². The van der Waals surface area contributed by atoms with Crippen molar-refractivity contribution in [3.8, 4) is 11.3 Å². The van der Waals surface area contributed by atoms with Gasteiger partial charge in [-0.3, -0.25) is 0 Å². The fraction of sp³-hybridized carbons (Fsp3) is 0.100. The summed E-state index contributed by atoms with van der Waals surface area (Å²) in [5.74, 6) is 0.328. The average molecular weight is 304 g/mol. The highest BCUT2D eigenvalue weighted by atomic mass is 79.9. The van der Waals surface area contributed by atoms with Crippen LogP contribution in [0.3, 0.4) is 0 Å². The van der Waals surface area contributed by atoms with Gasteiger partial charge in [-0.25, -0.2) is 9.37 Å². The molecule has 78 valence electrons. The summed E-state index contributed by atoms with van der Waals surface area (Å²) in [7, 11) is 0. The first-order chi connectivity index (χ1) is 7.20. The van der Waals surface area contributed by atoms with Gasteiger partial charge in [-0.15, -0.1) is 11.3 Å². The molecule has 1 aromatic carbocycles. The summed E-state index contributed by atoms with van der Waals surface area (Å²) in [5.41, 5.74) is 1.19. The Balaban J connectivity index is 2.48. The van der Waals surface area contributed by atoms with Crippen LogP contribution >= 0.6 is 39.9 Å². The molecule has 1 heterocycles. The lowest BCUT2D eigenvalue weighted by atomic mass is 10.2. The maximum atomic E-state index is 13.5. The second-order valence-corrected chi connectivity index (χ2v) is 5.08. The van der Waals surface area contributed by atoms with Crippen molar-refractivity contribution >= 4 is 39.9 Å². The molecule has 0 aliphatic rings. The number of hydrogen-bond acceptors (Lipinski definition) is 3. The van der Waals surface area contributed by atoms with Gasteiger partial charge < -0.3 is 0 Å². The predicted octanol–water partition coefficient (Wildman–Crippen LogP) is 4.14. The van der Waals surface area contributed by atoms with E-state index in [1.165, 1.54) is 17.4 Å². The predicted molar refractivity (Wildman–Crippen MR) is 67.9 cm³/mol. The summed E-state index contributed by atoms with van der Waals surface area (Å²) in [6.07, 6.45) is 0. The number of nitrogens with zero attached hydrogens (tertiary/aromatic N) is 1. The Morgan fingerprint density at radius 2 is 2.27 bits per heavy atom. The van der Waals surface area contributed by atoms with Gasteiger partial charge >= 0.3 is 0 Å². The highest BCUT2D eigenvalue weighted by Crippen LogP contribution is 2.27. The van der Waals surface area contributed by atoms with E-state index < -0.39 is 0 Å². The number of thiazole rings is 1. The summed E-state index contributed by atoms with van der Waals surface area (Å²) >= 11 is 8.93. The molecule has 1 aromatic heterocycles. The van der Waals surface area contributed by atoms with Gasteiger partial charge in [0.15, 0.2) is 0 Å². The van der Waals surface area contributed by atoms with Crippen LogP contribution in [0.2, 0.25) is 0 Å². The van der Waals surface area contributed by atoms with Gasteiger partial charge in [-0.05, 0) is 18.2 Å². The normalized spacial score (nSPS) is 10.6.